The lowest BCUT2D eigenvalue weighted by Crippen LogP contribution is -2.42. The topological polar surface area (TPSA) is 49.8 Å². The molecule has 1 fully saturated rings. The van der Waals surface area contributed by atoms with Gasteiger partial charge in [-0.2, -0.15) is 0 Å². The van der Waals surface area contributed by atoms with E-state index in [1.54, 1.807) is 17.0 Å². The molecule has 104 valence electrons. The Kier molecular flexibility index (Phi) is 4.43. The van der Waals surface area contributed by atoms with Gasteiger partial charge in [-0.1, -0.05) is 0 Å². The summed E-state index contributed by atoms with van der Waals surface area (Å²) in [6, 6.07) is 7.18. The highest BCUT2D eigenvalue weighted by atomic mass is 16.5. The van der Waals surface area contributed by atoms with Crippen LogP contribution in [-0.4, -0.2) is 41.2 Å². The Hall–Kier alpha value is -1.55. The van der Waals surface area contributed by atoms with Gasteiger partial charge in [0, 0.05) is 18.7 Å². The highest BCUT2D eigenvalue weighted by molar-refractivity contribution is 5.94. The first kappa shape index (κ1) is 13.9. The van der Waals surface area contributed by atoms with Crippen LogP contribution >= 0.6 is 0 Å². The van der Waals surface area contributed by atoms with Crippen LogP contribution < -0.4 is 4.74 Å². The first-order chi connectivity index (χ1) is 9.06. The average molecular weight is 263 g/mol. The molecule has 4 heteroatoms. The van der Waals surface area contributed by atoms with E-state index in [-0.39, 0.29) is 18.1 Å². The number of hydrogen-bond donors (Lipinski definition) is 1. The molecule has 2 rings (SSSR count). The molecule has 1 N–H and O–H groups in total. The van der Waals surface area contributed by atoms with E-state index in [1.807, 2.05) is 26.0 Å². The maximum atomic E-state index is 12.3. The number of aliphatic hydroxyl groups excluding tert-OH is 1. The van der Waals surface area contributed by atoms with Crippen molar-refractivity contribution in [2.45, 2.75) is 38.9 Å². The van der Waals surface area contributed by atoms with Crippen LogP contribution in [0.1, 0.15) is 37.0 Å². The largest absolute Gasteiger partial charge is 0.491 e. The summed E-state index contributed by atoms with van der Waals surface area (Å²) in [7, 11) is 0. The molecule has 1 unspecified atom stereocenters. The molecule has 1 amide bonds. The first-order valence-electron chi connectivity index (χ1n) is 6.80. The van der Waals surface area contributed by atoms with E-state index in [4.69, 9.17) is 4.74 Å². The lowest BCUT2D eigenvalue weighted by atomic mass is 10.1. The van der Waals surface area contributed by atoms with Gasteiger partial charge < -0.3 is 14.7 Å². The van der Waals surface area contributed by atoms with Gasteiger partial charge in [-0.3, -0.25) is 4.79 Å². The number of carbonyl (C=O) groups is 1. The van der Waals surface area contributed by atoms with Crippen molar-refractivity contribution < 1.29 is 14.6 Å². The molecule has 0 saturated carbocycles. The zero-order valence-electron chi connectivity index (χ0n) is 11.5. The molecule has 0 aromatic heterocycles. The molecule has 1 aromatic carbocycles. The number of β-amino-alcohol motifs (C(OH)–C–C–N with tert-alkyl or cyclic N) is 1. The number of rotatable bonds is 3. The van der Waals surface area contributed by atoms with Crippen molar-refractivity contribution in [3.8, 4) is 5.75 Å². The van der Waals surface area contributed by atoms with Gasteiger partial charge >= 0.3 is 0 Å². The van der Waals surface area contributed by atoms with Crippen LogP contribution in [0.25, 0.3) is 0 Å². The molecule has 19 heavy (non-hydrogen) atoms. The highest BCUT2D eigenvalue weighted by Gasteiger charge is 2.22. The summed E-state index contributed by atoms with van der Waals surface area (Å²) in [5, 5.41) is 9.60. The van der Waals surface area contributed by atoms with Crippen molar-refractivity contribution in [3.05, 3.63) is 29.8 Å². The molecule has 4 nitrogen and oxygen atoms in total. The summed E-state index contributed by atoms with van der Waals surface area (Å²) in [4.78, 5) is 14.0. The molecule has 1 aliphatic rings. The summed E-state index contributed by atoms with van der Waals surface area (Å²) in [6.07, 6.45) is 1.38. The quantitative estimate of drug-likeness (QED) is 0.908. The third kappa shape index (κ3) is 3.70. The molecule has 0 aliphatic carbocycles. The first-order valence-corrected chi connectivity index (χ1v) is 6.80. The zero-order chi connectivity index (χ0) is 13.8. The van der Waals surface area contributed by atoms with E-state index in [0.29, 0.717) is 12.1 Å². The molecule has 0 bridgehead atoms. The Morgan fingerprint density at radius 3 is 2.63 bits per heavy atom. The third-order valence-electron chi connectivity index (χ3n) is 3.16. The van der Waals surface area contributed by atoms with Crippen LogP contribution in [0.3, 0.4) is 0 Å². The lowest BCUT2D eigenvalue weighted by molar-refractivity contribution is 0.0473. The van der Waals surface area contributed by atoms with Gasteiger partial charge in [0.25, 0.3) is 5.91 Å². The maximum Gasteiger partial charge on any atom is 0.253 e. The fraction of sp³-hybridized carbons (Fsp3) is 0.533. The maximum absolute atomic E-state index is 12.3. The van der Waals surface area contributed by atoms with Crippen molar-refractivity contribution in [3.63, 3.8) is 0 Å². The van der Waals surface area contributed by atoms with E-state index in [9.17, 15) is 9.90 Å². The molecule has 0 radical (unpaired) electrons. The smallest absolute Gasteiger partial charge is 0.253 e. The van der Waals surface area contributed by atoms with Crippen LogP contribution in [-0.2, 0) is 0 Å². The van der Waals surface area contributed by atoms with Crippen molar-refractivity contribution in [1.82, 2.24) is 4.90 Å². The Morgan fingerprint density at radius 2 is 2.05 bits per heavy atom. The molecule has 1 atom stereocenters. The predicted octanol–water partition coefficient (Wildman–Crippen LogP) is 2.07. The Morgan fingerprint density at radius 1 is 1.37 bits per heavy atom. The monoisotopic (exact) mass is 263 g/mol. The van der Waals surface area contributed by atoms with E-state index >= 15 is 0 Å². The molecule has 1 aromatic rings. The number of benzene rings is 1. The molecular formula is C15H21NO3. The normalized spacial score (nSPS) is 19.6. The van der Waals surface area contributed by atoms with Crippen molar-refractivity contribution >= 4 is 5.91 Å². The van der Waals surface area contributed by atoms with Crippen molar-refractivity contribution in [2.75, 3.05) is 13.1 Å². The second-order valence-electron chi connectivity index (χ2n) is 5.24. The number of likely N-dealkylation sites (tertiary alicyclic amines) is 1. The Balaban J connectivity index is 2.02. The molecular weight excluding hydrogens is 242 g/mol. The summed E-state index contributed by atoms with van der Waals surface area (Å²) in [5.74, 6) is 0.750. The SMILES string of the molecule is CC(C)Oc1ccc(C(=O)N2CCCC(O)C2)cc1. The number of nitrogens with zero attached hydrogens (tertiary/aromatic N) is 1. The number of carbonyl (C=O) groups excluding carboxylic acids is 1. The summed E-state index contributed by atoms with van der Waals surface area (Å²) < 4.78 is 5.55. The van der Waals surface area contributed by atoms with Crippen molar-refractivity contribution in [2.24, 2.45) is 0 Å². The van der Waals surface area contributed by atoms with Crippen LogP contribution in [0.4, 0.5) is 0 Å². The highest BCUT2D eigenvalue weighted by Crippen LogP contribution is 2.17. The third-order valence-corrected chi connectivity index (χ3v) is 3.16. The second kappa shape index (κ2) is 6.06. The van der Waals surface area contributed by atoms with Gasteiger partial charge in [0.2, 0.25) is 0 Å². The number of ether oxygens (including phenoxy) is 1. The molecule has 1 aliphatic heterocycles. The average Bonchev–Trinajstić information content (AvgIpc) is 2.38. The van der Waals surface area contributed by atoms with Crippen LogP contribution in [0.2, 0.25) is 0 Å². The van der Waals surface area contributed by atoms with Gasteiger partial charge in [0.1, 0.15) is 5.75 Å². The predicted molar refractivity (Wildman–Crippen MR) is 73.4 cm³/mol. The van der Waals surface area contributed by atoms with Gasteiger partial charge in [0.05, 0.1) is 12.2 Å². The van der Waals surface area contributed by atoms with E-state index in [2.05, 4.69) is 0 Å². The van der Waals surface area contributed by atoms with Gasteiger partial charge in [-0.25, -0.2) is 0 Å². The summed E-state index contributed by atoms with van der Waals surface area (Å²) in [6.45, 7) is 5.09. The van der Waals surface area contributed by atoms with Crippen LogP contribution in [0.5, 0.6) is 5.75 Å². The van der Waals surface area contributed by atoms with Crippen molar-refractivity contribution in [1.29, 1.82) is 0 Å². The van der Waals surface area contributed by atoms with E-state index < -0.39 is 0 Å². The Labute approximate surface area is 114 Å². The van der Waals surface area contributed by atoms with Crippen LogP contribution in [0.15, 0.2) is 24.3 Å². The molecule has 1 saturated heterocycles. The minimum atomic E-state index is -0.388. The van der Waals surface area contributed by atoms with E-state index in [1.165, 1.54) is 0 Å². The number of hydrogen-bond acceptors (Lipinski definition) is 3. The Bertz CT molecular complexity index is 428. The van der Waals surface area contributed by atoms with E-state index in [0.717, 1.165) is 25.1 Å². The molecule has 1 heterocycles. The lowest BCUT2D eigenvalue weighted by Gasteiger charge is -2.30. The fourth-order valence-electron chi connectivity index (χ4n) is 2.27. The molecule has 0 spiro atoms. The number of amides is 1. The number of aliphatic hydroxyl groups is 1. The minimum absolute atomic E-state index is 0.0187. The number of piperidine rings is 1. The summed E-state index contributed by atoms with van der Waals surface area (Å²) in [5.41, 5.74) is 0.644. The van der Waals surface area contributed by atoms with Crippen LogP contribution in [0, 0.1) is 0 Å². The van der Waals surface area contributed by atoms with Gasteiger partial charge in [-0.15, -0.1) is 0 Å². The van der Waals surface area contributed by atoms with Gasteiger partial charge in [0.15, 0.2) is 0 Å². The van der Waals surface area contributed by atoms with Gasteiger partial charge in [-0.05, 0) is 51.0 Å². The minimum Gasteiger partial charge on any atom is -0.491 e. The fourth-order valence-corrected chi connectivity index (χ4v) is 2.27. The second-order valence-corrected chi connectivity index (χ2v) is 5.24. The standard InChI is InChI=1S/C15H21NO3/c1-11(2)19-14-7-5-12(6-8-14)15(18)16-9-3-4-13(17)10-16/h5-8,11,13,17H,3-4,9-10H2,1-2H3. The summed E-state index contributed by atoms with van der Waals surface area (Å²) >= 11 is 0. The zero-order valence-corrected chi connectivity index (χ0v) is 11.5.